The predicted molar refractivity (Wildman–Crippen MR) is 83.3 cm³/mol. The molecule has 1 aromatic carbocycles. The van der Waals surface area contributed by atoms with Crippen molar-refractivity contribution in [3.05, 3.63) is 29.8 Å². The Morgan fingerprint density at radius 2 is 2.21 bits per heavy atom. The largest absolute Gasteiger partial charge is 0.344 e. The Balaban J connectivity index is 0.00000180. The molecule has 5 heteroatoms. The van der Waals surface area contributed by atoms with Gasteiger partial charge in [0.1, 0.15) is 0 Å². The Labute approximate surface area is 125 Å². The van der Waals surface area contributed by atoms with Gasteiger partial charge in [-0.2, -0.15) is 0 Å². The van der Waals surface area contributed by atoms with Crippen molar-refractivity contribution in [2.75, 3.05) is 32.9 Å². The smallest absolute Gasteiger partial charge is 0.229 e. The number of fused-ring (bicyclic) bond motifs is 1. The lowest BCUT2D eigenvalue weighted by Gasteiger charge is -2.28. The lowest BCUT2D eigenvalue weighted by atomic mass is 9.94. The summed E-state index contributed by atoms with van der Waals surface area (Å²) in [7, 11) is 3.80. The molecule has 3 nitrogen and oxygen atoms in total. The van der Waals surface area contributed by atoms with Crippen molar-refractivity contribution >= 4 is 30.1 Å². The van der Waals surface area contributed by atoms with Crippen LogP contribution in [0.2, 0.25) is 0 Å². The number of carbonyl (C=O) groups excluding carboxylic acids is 1. The number of likely N-dealkylation sites (N-methyl/N-ethyl adjacent to an activating group) is 2. The molecule has 1 aliphatic heterocycles. The molecule has 0 aromatic heterocycles. The van der Waals surface area contributed by atoms with Crippen molar-refractivity contribution in [1.82, 2.24) is 10.2 Å². The number of hydrogen-bond acceptors (Lipinski definition) is 3. The Morgan fingerprint density at radius 1 is 1.47 bits per heavy atom. The lowest BCUT2D eigenvalue weighted by molar-refractivity contribution is -0.131. The first kappa shape index (κ1) is 16.3. The van der Waals surface area contributed by atoms with Crippen LogP contribution >= 0.6 is 24.2 Å². The van der Waals surface area contributed by atoms with E-state index in [1.165, 1.54) is 10.5 Å². The fraction of sp³-hybridized carbons (Fsp3) is 0.500. The van der Waals surface area contributed by atoms with Gasteiger partial charge in [0.15, 0.2) is 0 Å². The Morgan fingerprint density at radius 3 is 2.95 bits per heavy atom. The molecule has 0 bridgehead atoms. The highest BCUT2D eigenvalue weighted by Crippen LogP contribution is 2.37. The summed E-state index contributed by atoms with van der Waals surface area (Å²) in [5, 5.41) is 3.08. The van der Waals surface area contributed by atoms with Crippen molar-refractivity contribution in [3.8, 4) is 0 Å². The number of nitrogens with zero attached hydrogens (tertiary/aromatic N) is 1. The van der Waals surface area contributed by atoms with Crippen molar-refractivity contribution < 1.29 is 4.79 Å². The summed E-state index contributed by atoms with van der Waals surface area (Å²) in [6.45, 7) is 1.60. The van der Waals surface area contributed by atoms with Gasteiger partial charge >= 0.3 is 0 Å². The Hall–Kier alpha value is -0.710. The summed E-state index contributed by atoms with van der Waals surface area (Å²) >= 11 is 1.86. The van der Waals surface area contributed by atoms with Gasteiger partial charge in [-0.3, -0.25) is 4.79 Å². The number of carbonyl (C=O) groups is 1. The molecular formula is C14H21ClN2OS. The van der Waals surface area contributed by atoms with Gasteiger partial charge in [-0.1, -0.05) is 18.2 Å². The zero-order chi connectivity index (χ0) is 13.0. The molecule has 0 fully saturated rings. The number of amides is 1. The predicted octanol–water partition coefficient (Wildman–Crippen LogP) is 2.37. The van der Waals surface area contributed by atoms with Crippen LogP contribution in [0.3, 0.4) is 0 Å². The van der Waals surface area contributed by atoms with E-state index < -0.39 is 0 Å². The maximum atomic E-state index is 12.5. The maximum Gasteiger partial charge on any atom is 0.229 e. The van der Waals surface area contributed by atoms with Gasteiger partial charge in [0.2, 0.25) is 5.91 Å². The number of hydrogen-bond donors (Lipinski definition) is 1. The molecule has 1 heterocycles. The van der Waals surface area contributed by atoms with Gasteiger partial charge in [-0.25, -0.2) is 0 Å². The minimum absolute atomic E-state index is 0. The maximum absolute atomic E-state index is 12.5. The molecular weight excluding hydrogens is 280 g/mol. The zero-order valence-corrected chi connectivity index (χ0v) is 13.0. The highest BCUT2D eigenvalue weighted by molar-refractivity contribution is 7.99. The minimum Gasteiger partial charge on any atom is -0.344 e. The molecule has 1 aromatic rings. The monoisotopic (exact) mass is 300 g/mol. The second-order valence-corrected chi connectivity index (χ2v) is 5.73. The van der Waals surface area contributed by atoms with Gasteiger partial charge in [0.25, 0.3) is 0 Å². The molecule has 0 spiro atoms. The van der Waals surface area contributed by atoms with E-state index in [9.17, 15) is 4.79 Å². The second-order valence-electron chi connectivity index (χ2n) is 4.59. The van der Waals surface area contributed by atoms with Crippen LogP contribution in [-0.2, 0) is 4.79 Å². The first-order valence-corrected chi connectivity index (χ1v) is 7.34. The van der Waals surface area contributed by atoms with Crippen LogP contribution in [0.15, 0.2) is 29.2 Å². The fourth-order valence-electron chi connectivity index (χ4n) is 2.25. The van der Waals surface area contributed by atoms with Crippen molar-refractivity contribution in [2.24, 2.45) is 0 Å². The number of benzene rings is 1. The van der Waals surface area contributed by atoms with Crippen molar-refractivity contribution in [3.63, 3.8) is 0 Å². The van der Waals surface area contributed by atoms with Gasteiger partial charge in [0.05, 0.1) is 5.92 Å². The molecule has 1 unspecified atom stereocenters. The van der Waals surface area contributed by atoms with E-state index in [2.05, 4.69) is 17.4 Å². The normalized spacial score (nSPS) is 17.3. The highest BCUT2D eigenvalue weighted by Gasteiger charge is 2.28. The fourth-order valence-corrected chi connectivity index (χ4v) is 3.38. The highest BCUT2D eigenvalue weighted by atomic mass is 35.5. The van der Waals surface area contributed by atoms with Crippen LogP contribution in [-0.4, -0.2) is 43.7 Å². The first-order chi connectivity index (χ1) is 8.74. The second kappa shape index (κ2) is 7.78. The average Bonchev–Trinajstić information content (AvgIpc) is 2.43. The molecule has 1 N–H and O–H groups in total. The summed E-state index contributed by atoms with van der Waals surface area (Å²) < 4.78 is 0. The molecule has 0 saturated carbocycles. The summed E-state index contributed by atoms with van der Waals surface area (Å²) in [5.41, 5.74) is 1.20. The molecule has 106 valence electrons. The third-order valence-corrected chi connectivity index (χ3v) is 4.45. The molecule has 19 heavy (non-hydrogen) atoms. The number of nitrogens with one attached hydrogen (secondary N) is 1. The SMILES string of the molecule is CNCCN(C)C(=O)C1CCSc2ccccc21.Cl. The van der Waals surface area contributed by atoms with Crippen LogP contribution in [0.5, 0.6) is 0 Å². The van der Waals surface area contributed by atoms with E-state index >= 15 is 0 Å². The van der Waals surface area contributed by atoms with Crippen LogP contribution in [0.4, 0.5) is 0 Å². The van der Waals surface area contributed by atoms with E-state index in [1.807, 2.05) is 42.9 Å². The number of halogens is 1. The van der Waals surface area contributed by atoms with Crippen LogP contribution in [0.25, 0.3) is 0 Å². The number of rotatable bonds is 4. The molecule has 2 rings (SSSR count). The van der Waals surface area contributed by atoms with Gasteiger partial charge < -0.3 is 10.2 Å². The quantitative estimate of drug-likeness (QED) is 0.926. The van der Waals surface area contributed by atoms with E-state index in [0.29, 0.717) is 0 Å². The van der Waals surface area contributed by atoms with E-state index in [1.54, 1.807) is 0 Å². The van der Waals surface area contributed by atoms with Crippen LogP contribution < -0.4 is 5.32 Å². The molecule has 1 atom stereocenters. The number of thioether (sulfide) groups is 1. The third kappa shape index (κ3) is 3.88. The molecule has 0 radical (unpaired) electrons. The third-order valence-electron chi connectivity index (χ3n) is 3.33. The molecule has 1 amide bonds. The van der Waals surface area contributed by atoms with Crippen molar-refractivity contribution in [2.45, 2.75) is 17.2 Å². The lowest BCUT2D eigenvalue weighted by Crippen LogP contribution is -2.37. The topological polar surface area (TPSA) is 32.3 Å². The Kier molecular flexibility index (Phi) is 6.69. The minimum atomic E-state index is 0. The summed E-state index contributed by atoms with van der Waals surface area (Å²) in [6.07, 6.45) is 0.949. The summed E-state index contributed by atoms with van der Waals surface area (Å²) in [4.78, 5) is 15.6. The van der Waals surface area contributed by atoms with E-state index in [4.69, 9.17) is 0 Å². The van der Waals surface area contributed by atoms with Gasteiger partial charge in [0, 0.05) is 25.0 Å². The standard InChI is InChI=1S/C14H20N2OS.ClH/c1-15-8-9-16(2)14(17)12-7-10-18-13-6-4-3-5-11(12)13;/h3-6,12,15H,7-10H2,1-2H3;1H. The summed E-state index contributed by atoms with van der Waals surface area (Å²) in [6, 6.07) is 8.28. The summed E-state index contributed by atoms with van der Waals surface area (Å²) in [5.74, 6) is 1.33. The van der Waals surface area contributed by atoms with Crippen molar-refractivity contribution in [1.29, 1.82) is 0 Å². The van der Waals surface area contributed by atoms with Crippen LogP contribution in [0.1, 0.15) is 17.9 Å². The van der Waals surface area contributed by atoms with Crippen LogP contribution in [0, 0.1) is 0 Å². The molecule has 1 aliphatic rings. The van der Waals surface area contributed by atoms with Gasteiger partial charge in [-0.05, 0) is 30.9 Å². The first-order valence-electron chi connectivity index (χ1n) is 6.35. The van der Waals surface area contributed by atoms with E-state index in [0.717, 1.165) is 25.3 Å². The van der Waals surface area contributed by atoms with Gasteiger partial charge in [-0.15, -0.1) is 24.2 Å². The molecule has 0 aliphatic carbocycles. The Bertz CT molecular complexity index is 428. The zero-order valence-electron chi connectivity index (χ0n) is 11.4. The van der Waals surface area contributed by atoms with E-state index in [-0.39, 0.29) is 24.2 Å². The average molecular weight is 301 g/mol. The molecule has 0 saturated heterocycles.